The van der Waals surface area contributed by atoms with E-state index in [1.807, 2.05) is 6.07 Å². The topological polar surface area (TPSA) is 26.0 Å². The molecule has 0 spiro atoms. The van der Waals surface area contributed by atoms with Crippen LogP contribution < -0.4 is 5.73 Å². The van der Waals surface area contributed by atoms with E-state index in [1.54, 1.807) is 0 Å². The molecule has 1 fully saturated rings. The Morgan fingerprint density at radius 2 is 2.00 bits per heavy atom. The summed E-state index contributed by atoms with van der Waals surface area (Å²) in [5.74, 6) is 0. The van der Waals surface area contributed by atoms with Gasteiger partial charge in [0.1, 0.15) is 0 Å². The molecule has 1 aliphatic rings. The number of benzene rings is 1. The Hall–Kier alpha value is -0.0500. The van der Waals surface area contributed by atoms with Gasteiger partial charge in [0.2, 0.25) is 0 Å². The summed E-state index contributed by atoms with van der Waals surface area (Å²) in [7, 11) is 0. The lowest BCUT2D eigenvalue weighted by molar-refractivity contribution is 0.453. The van der Waals surface area contributed by atoms with Gasteiger partial charge in [-0.3, -0.25) is 0 Å². The first kappa shape index (κ1) is 11.4. The Balaban J connectivity index is 2.38. The second-order valence-electron chi connectivity index (χ2n) is 4.32. The fraction of sp³-hybridized carbons (Fsp3) is 0.500. The molecule has 2 N–H and O–H groups in total. The van der Waals surface area contributed by atoms with E-state index in [9.17, 15) is 0 Å². The first-order valence-electron chi connectivity index (χ1n) is 5.33. The zero-order valence-electron chi connectivity index (χ0n) is 8.60. The molecule has 0 saturated heterocycles. The highest BCUT2D eigenvalue weighted by molar-refractivity contribution is 9.10. The van der Waals surface area contributed by atoms with Crippen LogP contribution in [0.4, 0.5) is 0 Å². The summed E-state index contributed by atoms with van der Waals surface area (Å²) < 4.78 is 0.974. The van der Waals surface area contributed by atoms with Gasteiger partial charge in [-0.05, 0) is 46.5 Å². The first-order chi connectivity index (χ1) is 7.18. The van der Waals surface area contributed by atoms with Crippen molar-refractivity contribution < 1.29 is 0 Å². The molecule has 0 unspecified atom stereocenters. The van der Waals surface area contributed by atoms with Crippen molar-refractivity contribution >= 4 is 27.5 Å². The van der Waals surface area contributed by atoms with Crippen LogP contribution in [0.2, 0.25) is 5.02 Å². The maximum Gasteiger partial charge on any atom is 0.0548 e. The minimum Gasteiger partial charge on any atom is -0.330 e. The van der Waals surface area contributed by atoms with Gasteiger partial charge in [-0.1, -0.05) is 30.5 Å². The monoisotopic (exact) mass is 287 g/mol. The molecular weight excluding hydrogens is 273 g/mol. The Bertz CT molecular complexity index is 359. The minimum absolute atomic E-state index is 0.201. The molecule has 1 aromatic carbocycles. The third-order valence-corrected chi connectivity index (χ3v) is 4.70. The van der Waals surface area contributed by atoms with Gasteiger partial charge in [0.05, 0.1) is 5.02 Å². The molecule has 0 aliphatic heterocycles. The van der Waals surface area contributed by atoms with E-state index in [0.29, 0.717) is 0 Å². The maximum atomic E-state index is 6.00. The third-order valence-electron chi connectivity index (χ3n) is 3.48. The largest absolute Gasteiger partial charge is 0.330 e. The molecule has 0 aromatic heterocycles. The average Bonchev–Trinajstić information content (AvgIpc) is 2.72. The molecule has 1 saturated carbocycles. The average molecular weight is 289 g/mol. The minimum atomic E-state index is 0.201. The molecule has 15 heavy (non-hydrogen) atoms. The first-order valence-corrected chi connectivity index (χ1v) is 6.51. The van der Waals surface area contributed by atoms with E-state index in [0.717, 1.165) is 16.0 Å². The molecule has 3 heteroatoms. The molecule has 0 heterocycles. The third kappa shape index (κ3) is 2.08. The summed E-state index contributed by atoms with van der Waals surface area (Å²) in [5, 5.41) is 0.768. The van der Waals surface area contributed by atoms with Crippen molar-refractivity contribution in [1.29, 1.82) is 0 Å². The molecule has 2 rings (SSSR count). The highest BCUT2D eigenvalue weighted by Gasteiger charge is 2.34. The SMILES string of the molecule is NCC1(c2ccc(Cl)c(Br)c2)CCCC1. The van der Waals surface area contributed by atoms with Crippen LogP contribution in [0.15, 0.2) is 22.7 Å². The van der Waals surface area contributed by atoms with Gasteiger partial charge in [0, 0.05) is 16.4 Å². The molecule has 1 nitrogen and oxygen atoms in total. The molecule has 1 aliphatic carbocycles. The number of nitrogens with two attached hydrogens (primary N) is 1. The van der Waals surface area contributed by atoms with Crippen molar-refractivity contribution in [2.24, 2.45) is 5.73 Å². The van der Waals surface area contributed by atoms with Crippen LogP contribution in [0, 0.1) is 0 Å². The van der Waals surface area contributed by atoms with Crippen molar-refractivity contribution in [2.75, 3.05) is 6.54 Å². The zero-order chi connectivity index (χ0) is 10.9. The smallest absolute Gasteiger partial charge is 0.0548 e. The van der Waals surface area contributed by atoms with Gasteiger partial charge in [-0.25, -0.2) is 0 Å². The molecule has 0 bridgehead atoms. The van der Waals surface area contributed by atoms with Crippen LogP contribution in [0.1, 0.15) is 31.2 Å². The highest BCUT2D eigenvalue weighted by atomic mass is 79.9. The second kappa shape index (κ2) is 4.44. The Labute approximate surface area is 104 Å². The summed E-state index contributed by atoms with van der Waals surface area (Å²) in [5.41, 5.74) is 7.47. The lowest BCUT2D eigenvalue weighted by Gasteiger charge is -2.28. The standard InChI is InChI=1S/C12H15BrClN/c13-10-7-9(3-4-11(10)14)12(8-15)5-1-2-6-12/h3-4,7H,1-2,5-6,8,15H2. The number of hydrogen-bond acceptors (Lipinski definition) is 1. The molecule has 0 radical (unpaired) electrons. The van der Waals surface area contributed by atoms with E-state index in [4.69, 9.17) is 17.3 Å². The van der Waals surface area contributed by atoms with Crippen LogP contribution in [-0.4, -0.2) is 6.54 Å². The number of halogens is 2. The van der Waals surface area contributed by atoms with Crippen molar-refractivity contribution in [3.63, 3.8) is 0 Å². The summed E-state index contributed by atoms with van der Waals surface area (Å²) in [6.07, 6.45) is 4.99. The summed E-state index contributed by atoms with van der Waals surface area (Å²) in [6, 6.07) is 6.20. The van der Waals surface area contributed by atoms with Gasteiger partial charge >= 0.3 is 0 Å². The Morgan fingerprint density at radius 3 is 2.53 bits per heavy atom. The van der Waals surface area contributed by atoms with E-state index in [2.05, 4.69) is 28.1 Å². The van der Waals surface area contributed by atoms with Gasteiger partial charge in [0.15, 0.2) is 0 Å². The van der Waals surface area contributed by atoms with Gasteiger partial charge in [0.25, 0.3) is 0 Å². The van der Waals surface area contributed by atoms with Gasteiger partial charge in [-0.15, -0.1) is 0 Å². The quantitative estimate of drug-likeness (QED) is 0.878. The maximum absolute atomic E-state index is 6.00. The highest BCUT2D eigenvalue weighted by Crippen LogP contribution is 2.41. The van der Waals surface area contributed by atoms with Crippen LogP contribution in [0.5, 0.6) is 0 Å². The van der Waals surface area contributed by atoms with E-state index < -0.39 is 0 Å². The molecular formula is C12H15BrClN. The molecule has 0 atom stereocenters. The van der Waals surface area contributed by atoms with Crippen molar-refractivity contribution in [3.05, 3.63) is 33.3 Å². The van der Waals surface area contributed by atoms with Crippen molar-refractivity contribution in [3.8, 4) is 0 Å². The van der Waals surface area contributed by atoms with Gasteiger partial charge in [-0.2, -0.15) is 0 Å². The molecule has 0 amide bonds. The van der Waals surface area contributed by atoms with E-state index in [1.165, 1.54) is 31.2 Å². The van der Waals surface area contributed by atoms with Crippen LogP contribution in [0.25, 0.3) is 0 Å². The number of hydrogen-bond donors (Lipinski definition) is 1. The fourth-order valence-corrected chi connectivity index (χ4v) is 2.98. The van der Waals surface area contributed by atoms with Crippen LogP contribution in [0.3, 0.4) is 0 Å². The lowest BCUT2D eigenvalue weighted by atomic mass is 9.79. The van der Waals surface area contributed by atoms with Crippen molar-refractivity contribution in [2.45, 2.75) is 31.1 Å². The lowest BCUT2D eigenvalue weighted by Crippen LogP contribution is -2.31. The van der Waals surface area contributed by atoms with Crippen molar-refractivity contribution in [1.82, 2.24) is 0 Å². The summed E-state index contributed by atoms with van der Waals surface area (Å²) >= 11 is 9.47. The summed E-state index contributed by atoms with van der Waals surface area (Å²) in [6.45, 7) is 0.737. The molecule has 82 valence electrons. The van der Waals surface area contributed by atoms with Crippen LogP contribution >= 0.6 is 27.5 Å². The van der Waals surface area contributed by atoms with Gasteiger partial charge < -0.3 is 5.73 Å². The fourth-order valence-electron chi connectivity index (χ4n) is 2.49. The Kier molecular flexibility index (Phi) is 3.39. The molecule has 1 aromatic rings. The Morgan fingerprint density at radius 1 is 1.33 bits per heavy atom. The van der Waals surface area contributed by atoms with E-state index in [-0.39, 0.29) is 5.41 Å². The predicted octanol–water partition coefficient (Wildman–Crippen LogP) is 3.87. The normalized spacial score (nSPS) is 19.4. The second-order valence-corrected chi connectivity index (χ2v) is 5.58. The van der Waals surface area contributed by atoms with E-state index >= 15 is 0 Å². The number of rotatable bonds is 2. The zero-order valence-corrected chi connectivity index (χ0v) is 10.9. The summed E-state index contributed by atoms with van der Waals surface area (Å²) in [4.78, 5) is 0. The predicted molar refractivity (Wildman–Crippen MR) is 68.4 cm³/mol. The van der Waals surface area contributed by atoms with Crippen LogP contribution in [-0.2, 0) is 5.41 Å².